The van der Waals surface area contributed by atoms with Crippen LogP contribution in [0, 0.1) is 11.3 Å². The van der Waals surface area contributed by atoms with E-state index >= 15 is 0 Å². The first-order chi connectivity index (χ1) is 8.61. The molecule has 1 aliphatic heterocycles. The van der Waals surface area contributed by atoms with Gasteiger partial charge in [-0.2, -0.15) is 0 Å². The van der Waals surface area contributed by atoms with Crippen LogP contribution in [0.2, 0.25) is 0 Å². The van der Waals surface area contributed by atoms with Crippen molar-refractivity contribution in [3.8, 4) is 0 Å². The summed E-state index contributed by atoms with van der Waals surface area (Å²) < 4.78 is 5.70. The van der Waals surface area contributed by atoms with Gasteiger partial charge in [-0.25, -0.2) is 0 Å². The lowest BCUT2D eigenvalue weighted by Crippen LogP contribution is -2.43. The molecule has 3 heteroatoms. The molecule has 18 heavy (non-hydrogen) atoms. The van der Waals surface area contributed by atoms with Crippen molar-refractivity contribution in [2.45, 2.75) is 77.4 Å². The lowest BCUT2D eigenvalue weighted by molar-refractivity contribution is 0.0917. The van der Waals surface area contributed by atoms with E-state index in [9.17, 15) is 0 Å². The Bertz CT molecular complexity index is 239. The first-order valence-corrected chi connectivity index (χ1v) is 7.68. The van der Waals surface area contributed by atoms with Crippen LogP contribution < -0.4 is 11.3 Å². The molecule has 3 N–H and O–H groups in total. The predicted molar refractivity (Wildman–Crippen MR) is 75.1 cm³/mol. The number of hydrogen-bond donors (Lipinski definition) is 2. The highest BCUT2D eigenvalue weighted by atomic mass is 16.5. The minimum Gasteiger partial charge on any atom is -0.378 e. The molecule has 0 aromatic carbocycles. The first-order valence-electron chi connectivity index (χ1n) is 7.68. The van der Waals surface area contributed by atoms with Crippen LogP contribution in [0.15, 0.2) is 0 Å². The lowest BCUT2D eigenvalue weighted by Gasteiger charge is -2.38. The standard InChI is InChI=1S/C15H30N2O/c1-15(2)9-7-12(8-10-15)14(17-16)6-5-13-4-3-11-18-13/h12-14,17H,3-11,16H2,1-2H3. The monoisotopic (exact) mass is 254 g/mol. The summed E-state index contributed by atoms with van der Waals surface area (Å²) in [5.74, 6) is 6.53. The fourth-order valence-corrected chi connectivity index (χ4v) is 3.52. The second-order valence-electron chi connectivity index (χ2n) is 6.99. The molecule has 0 spiro atoms. The Balaban J connectivity index is 1.74. The summed E-state index contributed by atoms with van der Waals surface area (Å²) in [6.07, 6.45) is 10.7. The first kappa shape index (κ1) is 14.3. The molecular weight excluding hydrogens is 224 g/mol. The summed E-state index contributed by atoms with van der Waals surface area (Å²) >= 11 is 0. The highest BCUT2D eigenvalue weighted by Crippen LogP contribution is 2.39. The second-order valence-corrected chi connectivity index (χ2v) is 6.99. The Morgan fingerprint density at radius 2 is 2.00 bits per heavy atom. The third kappa shape index (κ3) is 3.94. The SMILES string of the molecule is CC1(C)CCC(C(CCC2CCCO2)NN)CC1. The van der Waals surface area contributed by atoms with Gasteiger partial charge in [0.15, 0.2) is 0 Å². The summed E-state index contributed by atoms with van der Waals surface area (Å²) in [6, 6.07) is 0.491. The quantitative estimate of drug-likeness (QED) is 0.585. The van der Waals surface area contributed by atoms with Crippen molar-refractivity contribution in [2.75, 3.05) is 6.61 Å². The molecule has 2 atom stereocenters. The van der Waals surface area contributed by atoms with Gasteiger partial charge < -0.3 is 4.74 Å². The van der Waals surface area contributed by atoms with Crippen LogP contribution in [0.1, 0.15) is 65.2 Å². The van der Waals surface area contributed by atoms with Crippen molar-refractivity contribution in [3.05, 3.63) is 0 Å². The number of nitrogens with two attached hydrogens (primary N) is 1. The Morgan fingerprint density at radius 1 is 1.28 bits per heavy atom. The van der Waals surface area contributed by atoms with E-state index < -0.39 is 0 Å². The van der Waals surface area contributed by atoms with E-state index in [4.69, 9.17) is 10.6 Å². The van der Waals surface area contributed by atoms with E-state index in [1.807, 2.05) is 0 Å². The molecule has 0 aromatic heterocycles. The van der Waals surface area contributed by atoms with E-state index in [1.165, 1.54) is 51.4 Å². The zero-order valence-electron chi connectivity index (χ0n) is 12.1. The highest BCUT2D eigenvalue weighted by Gasteiger charge is 2.31. The maximum Gasteiger partial charge on any atom is 0.0576 e. The Kier molecular flexibility index (Phi) is 5.05. The predicted octanol–water partition coefficient (Wildman–Crippen LogP) is 2.99. The molecule has 1 aliphatic carbocycles. The van der Waals surface area contributed by atoms with Crippen LogP contribution in [0.5, 0.6) is 0 Å². The van der Waals surface area contributed by atoms with Gasteiger partial charge in [-0.3, -0.25) is 11.3 Å². The van der Waals surface area contributed by atoms with Crippen LogP contribution >= 0.6 is 0 Å². The van der Waals surface area contributed by atoms with Gasteiger partial charge in [0.1, 0.15) is 0 Å². The molecule has 0 aromatic rings. The van der Waals surface area contributed by atoms with Gasteiger partial charge in [-0.1, -0.05) is 13.8 Å². The molecule has 2 fully saturated rings. The normalized spacial score (nSPS) is 30.5. The molecule has 1 saturated heterocycles. The third-order valence-electron chi connectivity index (χ3n) is 4.99. The molecule has 0 bridgehead atoms. The van der Waals surface area contributed by atoms with Crippen molar-refractivity contribution in [1.82, 2.24) is 5.43 Å². The molecular formula is C15H30N2O. The lowest BCUT2D eigenvalue weighted by atomic mass is 9.70. The molecule has 0 radical (unpaired) electrons. The molecule has 2 rings (SSSR count). The highest BCUT2D eigenvalue weighted by molar-refractivity contribution is 4.85. The fraction of sp³-hybridized carbons (Fsp3) is 1.00. The smallest absolute Gasteiger partial charge is 0.0576 e. The number of hydrazine groups is 1. The average molecular weight is 254 g/mol. The van der Waals surface area contributed by atoms with Gasteiger partial charge in [-0.15, -0.1) is 0 Å². The molecule has 1 saturated carbocycles. The minimum absolute atomic E-state index is 0.491. The van der Waals surface area contributed by atoms with Crippen LogP contribution in [0.25, 0.3) is 0 Å². The topological polar surface area (TPSA) is 47.3 Å². The van der Waals surface area contributed by atoms with Crippen molar-refractivity contribution >= 4 is 0 Å². The van der Waals surface area contributed by atoms with Crippen LogP contribution in [0.3, 0.4) is 0 Å². The van der Waals surface area contributed by atoms with E-state index in [0.717, 1.165) is 12.5 Å². The fourth-order valence-electron chi connectivity index (χ4n) is 3.52. The van der Waals surface area contributed by atoms with Gasteiger partial charge in [0, 0.05) is 12.6 Å². The number of ether oxygens (including phenoxy) is 1. The van der Waals surface area contributed by atoms with Crippen LogP contribution in [0.4, 0.5) is 0 Å². The van der Waals surface area contributed by atoms with Crippen molar-refractivity contribution in [2.24, 2.45) is 17.2 Å². The van der Waals surface area contributed by atoms with Gasteiger partial charge in [0.25, 0.3) is 0 Å². The number of nitrogens with one attached hydrogen (secondary N) is 1. The van der Waals surface area contributed by atoms with Gasteiger partial charge >= 0.3 is 0 Å². The minimum atomic E-state index is 0.491. The van der Waals surface area contributed by atoms with Crippen LogP contribution in [-0.4, -0.2) is 18.8 Å². The average Bonchev–Trinajstić information content (AvgIpc) is 2.84. The summed E-state index contributed by atoms with van der Waals surface area (Å²) in [7, 11) is 0. The van der Waals surface area contributed by atoms with Crippen molar-refractivity contribution in [3.63, 3.8) is 0 Å². The molecule has 2 unspecified atom stereocenters. The van der Waals surface area contributed by atoms with Gasteiger partial charge in [0.2, 0.25) is 0 Å². The maximum atomic E-state index is 5.77. The Labute approximate surface area is 112 Å². The maximum absolute atomic E-state index is 5.77. The second kappa shape index (κ2) is 6.36. The molecule has 106 valence electrons. The summed E-state index contributed by atoms with van der Waals surface area (Å²) in [6.45, 7) is 5.74. The van der Waals surface area contributed by atoms with E-state index in [-0.39, 0.29) is 0 Å². The zero-order valence-corrected chi connectivity index (χ0v) is 12.1. The summed E-state index contributed by atoms with van der Waals surface area (Å²) in [5.41, 5.74) is 3.61. The van der Waals surface area contributed by atoms with Gasteiger partial charge in [-0.05, 0) is 62.7 Å². The number of rotatable bonds is 5. The van der Waals surface area contributed by atoms with Crippen molar-refractivity contribution < 1.29 is 4.74 Å². The zero-order chi connectivity index (χ0) is 13.0. The van der Waals surface area contributed by atoms with E-state index in [1.54, 1.807) is 0 Å². The van der Waals surface area contributed by atoms with Crippen molar-refractivity contribution in [1.29, 1.82) is 0 Å². The molecule has 3 nitrogen and oxygen atoms in total. The van der Waals surface area contributed by atoms with E-state index in [0.29, 0.717) is 17.6 Å². The van der Waals surface area contributed by atoms with Crippen LogP contribution in [-0.2, 0) is 4.74 Å². The summed E-state index contributed by atoms with van der Waals surface area (Å²) in [4.78, 5) is 0. The number of hydrogen-bond acceptors (Lipinski definition) is 3. The third-order valence-corrected chi connectivity index (χ3v) is 4.99. The Hall–Kier alpha value is -0.120. The molecule has 2 aliphatic rings. The molecule has 0 amide bonds. The Morgan fingerprint density at radius 3 is 2.56 bits per heavy atom. The van der Waals surface area contributed by atoms with Gasteiger partial charge in [0.05, 0.1) is 6.10 Å². The molecule has 1 heterocycles. The largest absolute Gasteiger partial charge is 0.378 e. The summed E-state index contributed by atoms with van der Waals surface area (Å²) in [5, 5.41) is 0. The van der Waals surface area contributed by atoms with E-state index in [2.05, 4.69) is 19.3 Å².